The molecular formula is C16H21ClN6O2. The Labute approximate surface area is 150 Å². The monoisotopic (exact) mass is 364 g/mol. The number of piperidine rings is 1. The Morgan fingerprint density at radius 2 is 1.88 bits per heavy atom. The average Bonchev–Trinajstić information content (AvgIpc) is 3.17. The molecule has 2 aromatic heterocycles. The summed E-state index contributed by atoms with van der Waals surface area (Å²) in [6.07, 6.45) is 6.05. The quantitative estimate of drug-likeness (QED) is 0.900. The summed E-state index contributed by atoms with van der Waals surface area (Å²) in [5.74, 6) is -0.532. The van der Waals surface area contributed by atoms with E-state index in [9.17, 15) is 9.59 Å². The Hall–Kier alpha value is -2.35. The van der Waals surface area contributed by atoms with Crippen LogP contribution in [0.15, 0.2) is 12.4 Å². The van der Waals surface area contributed by atoms with Crippen LogP contribution in [0.2, 0.25) is 5.02 Å². The zero-order chi connectivity index (χ0) is 18.0. The molecule has 2 aromatic rings. The normalized spacial score (nSPS) is 14.6. The first-order valence-corrected chi connectivity index (χ1v) is 8.74. The number of likely N-dealkylation sites (tertiary alicyclic amines) is 1. The number of aromatic nitrogens is 4. The average molecular weight is 365 g/mol. The van der Waals surface area contributed by atoms with E-state index in [-0.39, 0.29) is 16.6 Å². The second-order valence-electron chi connectivity index (χ2n) is 5.99. The number of rotatable bonds is 4. The van der Waals surface area contributed by atoms with E-state index in [1.807, 2.05) is 6.92 Å². The van der Waals surface area contributed by atoms with Gasteiger partial charge in [-0.15, -0.1) is 0 Å². The lowest BCUT2D eigenvalue weighted by Crippen LogP contribution is -2.37. The standard InChI is InChI=1S/C16H21ClN6O2/c1-3-23-13(11(17)9-19-23)15(24)20-12-10-18-21(2)14(12)16(25)22-7-5-4-6-8-22/h9-10H,3-8H2,1-2H3,(H,20,24). The molecule has 134 valence electrons. The Morgan fingerprint density at radius 3 is 2.56 bits per heavy atom. The number of carbonyl (C=O) groups is 2. The van der Waals surface area contributed by atoms with Crippen molar-refractivity contribution in [2.75, 3.05) is 18.4 Å². The Morgan fingerprint density at radius 1 is 1.16 bits per heavy atom. The van der Waals surface area contributed by atoms with E-state index >= 15 is 0 Å². The zero-order valence-corrected chi connectivity index (χ0v) is 15.1. The molecule has 0 radical (unpaired) electrons. The van der Waals surface area contributed by atoms with E-state index in [0.717, 1.165) is 32.4 Å². The highest BCUT2D eigenvalue weighted by molar-refractivity contribution is 6.34. The lowest BCUT2D eigenvalue weighted by atomic mass is 10.1. The van der Waals surface area contributed by atoms with Crippen LogP contribution >= 0.6 is 11.6 Å². The van der Waals surface area contributed by atoms with Crippen LogP contribution in [-0.2, 0) is 13.6 Å². The van der Waals surface area contributed by atoms with Gasteiger partial charge in [0, 0.05) is 26.7 Å². The third-order valence-corrected chi connectivity index (χ3v) is 4.62. The summed E-state index contributed by atoms with van der Waals surface area (Å²) in [6, 6.07) is 0. The SMILES string of the molecule is CCn1ncc(Cl)c1C(=O)Nc1cnn(C)c1C(=O)N1CCCCC1. The molecule has 2 amide bonds. The van der Waals surface area contributed by atoms with Gasteiger partial charge in [0.1, 0.15) is 11.4 Å². The van der Waals surface area contributed by atoms with Crippen molar-refractivity contribution in [3.05, 3.63) is 28.8 Å². The van der Waals surface area contributed by atoms with E-state index in [2.05, 4.69) is 15.5 Å². The third-order valence-electron chi connectivity index (χ3n) is 4.34. The number of halogens is 1. The molecule has 1 N–H and O–H groups in total. The smallest absolute Gasteiger partial charge is 0.275 e. The number of hydrogen-bond acceptors (Lipinski definition) is 4. The summed E-state index contributed by atoms with van der Waals surface area (Å²) in [5, 5.41) is 11.2. The largest absolute Gasteiger partial charge is 0.337 e. The van der Waals surface area contributed by atoms with Gasteiger partial charge < -0.3 is 10.2 Å². The maximum Gasteiger partial charge on any atom is 0.275 e. The van der Waals surface area contributed by atoms with Gasteiger partial charge in [-0.2, -0.15) is 10.2 Å². The van der Waals surface area contributed by atoms with Crippen LogP contribution in [0.1, 0.15) is 47.2 Å². The van der Waals surface area contributed by atoms with Gasteiger partial charge in [0.05, 0.1) is 23.1 Å². The van der Waals surface area contributed by atoms with E-state index in [4.69, 9.17) is 11.6 Å². The summed E-state index contributed by atoms with van der Waals surface area (Å²) >= 11 is 6.07. The summed E-state index contributed by atoms with van der Waals surface area (Å²) < 4.78 is 3.01. The molecule has 0 spiro atoms. The molecule has 0 unspecified atom stereocenters. The molecule has 3 heterocycles. The molecule has 0 bridgehead atoms. The van der Waals surface area contributed by atoms with Crippen LogP contribution in [0.4, 0.5) is 5.69 Å². The molecule has 0 aliphatic carbocycles. The van der Waals surface area contributed by atoms with E-state index in [0.29, 0.717) is 17.9 Å². The summed E-state index contributed by atoms with van der Waals surface area (Å²) in [7, 11) is 1.69. The number of carbonyl (C=O) groups excluding carboxylic acids is 2. The Kier molecular flexibility index (Phi) is 5.08. The highest BCUT2D eigenvalue weighted by atomic mass is 35.5. The van der Waals surface area contributed by atoms with Crippen molar-refractivity contribution in [3.63, 3.8) is 0 Å². The van der Waals surface area contributed by atoms with Gasteiger partial charge in [-0.3, -0.25) is 19.0 Å². The topological polar surface area (TPSA) is 85.0 Å². The molecule has 1 fully saturated rings. The summed E-state index contributed by atoms with van der Waals surface area (Å²) in [6.45, 7) is 3.84. The number of nitrogens with zero attached hydrogens (tertiary/aromatic N) is 5. The van der Waals surface area contributed by atoms with Crippen LogP contribution in [0.3, 0.4) is 0 Å². The molecule has 0 aromatic carbocycles. The second-order valence-corrected chi connectivity index (χ2v) is 6.40. The molecule has 1 aliphatic heterocycles. The van der Waals surface area contributed by atoms with Crippen molar-refractivity contribution in [1.82, 2.24) is 24.5 Å². The summed E-state index contributed by atoms with van der Waals surface area (Å²) in [4.78, 5) is 27.3. The van der Waals surface area contributed by atoms with Crippen LogP contribution in [0.25, 0.3) is 0 Å². The number of amides is 2. The van der Waals surface area contributed by atoms with Crippen molar-refractivity contribution in [2.45, 2.75) is 32.7 Å². The van der Waals surface area contributed by atoms with E-state index < -0.39 is 5.91 Å². The van der Waals surface area contributed by atoms with Crippen LogP contribution in [0.5, 0.6) is 0 Å². The van der Waals surface area contributed by atoms with Gasteiger partial charge in [0.25, 0.3) is 11.8 Å². The fraction of sp³-hybridized carbons (Fsp3) is 0.500. The van der Waals surface area contributed by atoms with Crippen molar-refractivity contribution in [2.24, 2.45) is 7.05 Å². The first kappa shape index (κ1) is 17.5. The molecule has 8 nitrogen and oxygen atoms in total. The molecular weight excluding hydrogens is 344 g/mol. The fourth-order valence-corrected chi connectivity index (χ4v) is 3.27. The summed E-state index contributed by atoms with van der Waals surface area (Å²) in [5.41, 5.74) is 1.02. The molecule has 0 saturated carbocycles. The zero-order valence-electron chi connectivity index (χ0n) is 14.3. The van der Waals surface area contributed by atoms with Crippen LogP contribution < -0.4 is 5.32 Å². The predicted octanol–water partition coefficient (Wildman–Crippen LogP) is 2.17. The van der Waals surface area contributed by atoms with Crippen molar-refractivity contribution in [1.29, 1.82) is 0 Å². The van der Waals surface area contributed by atoms with Gasteiger partial charge in [-0.1, -0.05) is 11.6 Å². The van der Waals surface area contributed by atoms with Crippen molar-refractivity contribution < 1.29 is 9.59 Å². The third kappa shape index (κ3) is 3.39. The van der Waals surface area contributed by atoms with Crippen LogP contribution in [-0.4, -0.2) is 49.4 Å². The van der Waals surface area contributed by atoms with Crippen molar-refractivity contribution in [3.8, 4) is 0 Å². The maximum absolute atomic E-state index is 12.8. The minimum absolute atomic E-state index is 0.120. The number of aryl methyl sites for hydroxylation is 2. The highest BCUT2D eigenvalue weighted by Crippen LogP contribution is 2.22. The lowest BCUT2D eigenvalue weighted by molar-refractivity contribution is 0.0714. The minimum atomic E-state index is -0.412. The van der Waals surface area contributed by atoms with Gasteiger partial charge in [-0.05, 0) is 26.2 Å². The molecule has 0 atom stereocenters. The van der Waals surface area contributed by atoms with Crippen molar-refractivity contribution >= 4 is 29.1 Å². The number of nitrogens with one attached hydrogen (secondary N) is 1. The van der Waals surface area contributed by atoms with Gasteiger partial charge in [-0.25, -0.2) is 0 Å². The Bertz CT molecular complexity index is 791. The van der Waals surface area contributed by atoms with Crippen LogP contribution in [0, 0.1) is 0 Å². The predicted molar refractivity (Wildman–Crippen MR) is 93.8 cm³/mol. The second kappa shape index (κ2) is 7.26. The molecule has 3 rings (SSSR count). The molecule has 1 saturated heterocycles. The first-order valence-electron chi connectivity index (χ1n) is 8.36. The minimum Gasteiger partial charge on any atom is -0.337 e. The first-order chi connectivity index (χ1) is 12.0. The molecule has 1 aliphatic rings. The van der Waals surface area contributed by atoms with Gasteiger partial charge in [0.15, 0.2) is 0 Å². The highest BCUT2D eigenvalue weighted by Gasteiger charge is 2.26. The molecule has 9 heteroatoms. The Balaban J connectivity index is 1.85. The fourth-order valence-electron chi connectivity index (χ4n) is 3.04. The maximum atomic E-state index is 12.8. The van der Waals surface area contributed by atoms with Gasteiger partial charge >= 0.3 is 0 Å². The number of hydrogen-bond donors (Lipinski definition) is 1. The van der Waals surface area contributed by atoms with E-state index in [1.165, 1.54) is 21.8 Å². The van der Waals surface area contributed by atoms with E-state index in [1.54, 1.807) is 11.9 Å². The number of anilines is 1. The van der Waals surface area contributed by atoms with Gasteiger partial charge in [0.2, 0.25) is 0 Å². The molecule has 25 heavy (non-hydrogen) atoms. The lowest BCUT2D eigenvalue weighted by Gasteiger charge is -2.27.